The van der Waals surface area contributed by atoms with E-state index in [9.17, 15) is 9.90 Å². The molecule has 2 heterocycles. The van der Waals surface area contributed by atoms with Crippen molar-refractivity contribution in [3.63, 3.8) is 0 Å². The normalized spacial score (nSPS) is 15.3. The molecule has 0 amide bonds. The fourth-order valence-electron chi connectivity index (χ4n) is 3.71. The van der Waals surface area contributed by atoms with Crippen molar-refractivity contribution in [2.75, 3.05) is 13.1 Å². The van der Waals surface area contributed by atoms with Crippen LogP contribution in [0.4, 0.5) is 0 Å². The van der Waals surface area contributed by atoms with Crippen LogP contribution in [0.3, 0.4) is 0 Å². The Balaban J connectivity index is 0.00000225. The molecule has 0 atom stereocenters. The zero-order chi connectivity index (χ0) is 19.0. The lowest BCUT2D eigenvalue weighted by Crippen LogP contribution is -2.31. The summed E-state index contributed by atoms with van der Waals surface area (Å²) in [5, 5.41) is 10.6. The number of aromatic nitrogens is 1. The van der Waals surface area contributed by atoms with Crippen LogP contribution in [0.5, 0.6) is 0 Å². The molecule has 4 rings (SSSR count). The van der Waals surface area contributed by atoms with Crippen LogP contribution in [0.15, 0.2) is 48.5 Å². The molecule has 3 aromatic rings. The molecule has 0 radical (unpaired) electrons. The van der Waals surface area contributed by atoms with Gasteiger partial charge in [-0.25, -0.2) is 9.78 Å². The van der Waals surface area contributed by atoms with Gasteiger partial charge in [0.15, 0.2) is 0 Å². The number of para-hydroxylation sites is 1. The Hall–Kier alpha value is -2.69. The van der Waals surface area contributed by atoms with Crippen molar-refractivity contribution in [1.29, 1.82) is 0 Å². The standard InChI is InChI=1S/C23H22N2O2.ClH/c1-3-25-13-17(12-16-10-8-15(2)9-11-16)22-19(14-25)21(23(26)27)18-6-4-5-7-20(18)24-22;/h4-12H,3,13-14H2,1-2H3,(H,26,27);1H/b17-12-;. The number of carboxylic acid groups (broad SMARTS) is 1. The van der Waals surface area contributed by atoms with E-state index in [0.29, 0.717) is 17.5 Å². The lowest BCUT2D eigenvalue weighted by molar-refractivity contribution is 0.0696. The molecule has 1 aliphatic heterocycles. The Bertz CT molecular complexity index is 1060. The largest absolute Gasteiger partial charge is 0.478 e. The number of aryl methyl sites for hydroxylation is 1. The predicted molar refractivity (Wildman–Crippen MR) is 116 cm³/mol. The molecule has 0 fully saturated rings. The van der Waals surface area contributed by atoms with Crippen molar-refractivity contribution in [2.45, 2.75) is 20.4 Å². The van der Waals surface area contributed by atoms with Gasteiger partial charge in [-0.15, -0.1) is 12.4 Å². The van der Waals surface area contributed by atoms with E-state index in [1.54, 1.807) is 0 Å². The number of halogens is 1. The zero-order valence-electron chi connectivity index (χ0n) is 16.0. The number of hydrogen-bond donors (Lipinski definition) is 1. The minimum absolute atomic E-state index is 0. The first-order valence-electron chi connectivity index (χ1n) is 9.21. The Morgan fingerprint density at radius 3 is 2.54 bits per heavy atom. The van der Waals surface area contributed by atoms with Crippen LogP contribution in [0.25, 0.3) is 22.6 Å². The molecule has 5 heteroatoms. The monoisotopic (exact) mass is 394 g/mol. The summed E-state index contributed by atoms with van der Waals surface area (Å²) in [5.41, 5.74) is 6.12. The van der Waals surface area contributed by atoms with E-state index >= 15 is 0 Å². The first kappa shape index (κ1) is 20.1. The highest BCUT2D eigenvalue weighted by molar-refractivity contribution is 6.06. The van der Waals surface area contributed by atoms with Crippen molar-refractivity contribution >= 4 is 40.9 Å². The molecule has 0 aliphatic carbocycles. The number of likely N-dealkylation sites (N-methyl/N-ethyl adjacent to an activating group) is 1. The zero-order valence-corrected chi connectivity index (χ0v) is 16.8. The average Bonchev–Trinajstić information content (AvgIpc) is 2.67. The number of carboxylic acids is 1. The van der Waals surface area contributed by atoms with Gasteiger partial charge in [-0.1, -0.05) is 55.0 Å². The van der Waals surface area contributed by atoms with Crippen LogP contribution in [-0.4, -0.2) is 34.0 Å². The SMILES string of the molecule is CCN1C/C(=C/c2ccc(C)cc2)c2nc3ccccc3c(C(=O)O)c2C1.Cl. The second-order valence-corrected chi connectivity index (χ2v) is 7.02. The second-order valence-electron chi connectivity index (χ2n) is 7.02. The first-order valence-corrected chi connectivity index (χ1v) is 9.21. The van der Waals surface area contributed by atoms with E-state index in [-0.39, 0.29) is 12.4 Å². The van der Waals surface area contributed by atoms with Gasteiger partial charge in [0.05, 0.1) is 16.8 Å². The van der Waals surface area contributed by atoms with Gasteiger partial charge in [0.1, 0.15) is 0 Å². The van der Waals surface area contributed by atoms with Gasteiger partial charge in [-0.3, -0.25) is 4.90 Å². The highest BCUT2D eigenvalue weighted by Crippen LogP contribution is 2.33. The number of pyridine rings is 1. The maximum Gasteiger partial charge on any atom is 0.336 e. The van der Waals surface area contributed by atoms with Gasteiger partial charge < -0.3 is 5.11 Å². The summed E-state index contributed by atoms with van der Waals surface area (Å²) in [6.07, 6.45) is 2.13. The molecular weight excluding hydrogens is 372 g/mol. The fourth-order valence-corrected chi connectivity index (χ4v) is 3.71. The fraction of sp³-hybridized carbons (Fsp3) is 0.217. The van der Waals surface area contributed by atoms with Crippen molar-refractivity contribution in [1.82, 2.24) is 9.88 Å². The molecular formula is C23H23ClN2O2. The summed E-state index contributed by atoms with van der Waals surface area (Å²) in [4.78, 5) is 19.2. The lowest BCUT2D eigenvalue weighted by atomic mass is 9.92. The summed E-state index contributed by atoms with van der Waals surface area (Å²) in [5.74, 6) is -0.891. The summed E-state index contributed by atoms with van der Waals surface area (Å²) in [6.45, 7) is 6.40. The van der Waals surface area contributed by atoms with Gasteiger partial charge in [-0.05, 0) is 36.7 Å². The molecule has 0 spiro atoms. The van der Waals surface area contributed by atoms with Crippen LogP contribution >= 0.6 is 12.4 Å². The van der Waals surface area contributed by atoms with E-state index in [2.05, 4.69) is 49.1 Å². The Morgan fingerprint density at radius 1 is 1.14 bits per heavy atom. The van der Waals surface area contributed by atoms with Crippen molar-refractivity contribution in [2.24, 2.45) is 0 Å². The van der Waals surface area contributed by atoms with Gasteiger partial charge >= 0.3 is 5.97 Å². The third kappa shape index (κ3) is 3.66. The maximum absolute atomic E-state index is 12.1. The molecule has 1 N–H and O–H groups in total. The molecule has 28 heavy (non-hydrogen) atoms. The number of carbonyl (C=O) groups is 1. The van der Waals surface area contributed by atoms with Gasteiger partial charge in [0.25, 0.3) is 0 Å². The minimum atomic E-state index is -0.891. The average molecular weight is 395 g/mol. The number of hydrogen-bond acceptors (Lipinski definition) is 3. The molecule has 0 bridgehead atoms. The molecule has 0 saturated carbocycles. The summed E-state index contributed by atoms with van der Waals surface area (Å²) < 4.78 is 0. The van der Waals surface area contributed by atoms with Crippen molar-refractivity contribution in [3.8, 4) is 0 Å². The van der Waals surface area contributed by atoms with Crippen molar-refractivity contribution < 1.29 is 9.90 Å². The number of benzene rings is 2. The summed E-state index contributed by atoms with van der Waals surface area (Å²) >= 11 is 0. The summed E-state index contributed by atoms with van der Waals surface area (Å²) in [6, 6.07) is 15.9. The Morgan fingerprint density at radius 2 is 1.86 bits per heavy atom. The first-order chi connectivity index (χ1) is 13.1. The predicted octanol–water partition coefficient (Wildman–Crippen LogP) is 5.04. The Kier molecular flexibility index (Phi) is 5.82. The van der Waals surface area contributed by atoms with E-state index in [4.69, 9.17) is 4.98 Å². The van der Waals surface area contributed by atoms with Gasteiger partial charge in [-0.2, -0.15) is 0 Å². The van der Waals surface area contributed by atoms with Crippen LogP contribution in [-0.2, 0) is 6.54 Å². The lowest BCUT2D eigenvalue weighted by Gasteiger charge is -2.30. The molecule has 2 aromatic carbocycles. The molecule has 1 aliphatic rings. The number of fused-ring (bicyclic) bond motifs is 2. The van der Waals surface area contributed by atoms with E-state index in [1.807, 2.05) is 24.3 Å². The number of rotatable bonds is 3. The molecule has 144 valence electrons. The maximum atomic E-state index is 12.1. The second kappa shape index (κ2) is 8.13. The van der Waals surface area contributed by atoms with Gasteiger partial charge in [0.2, 0.25) is 0 Å². The third-order valence-electron chi connectivity index (χ3n) is 5.15. The van der Waals surface area contributed by atoms with Crippen molar-refractivity contribution in [3.05, 3.63) is 76.5 Å². The Labute approximate surface area is 170 Å². The van der Waals surface area contributed by atoms with Crippen LogP contribution < -0.4 is 0 Å². The molecule has 0 saturated heterocycles. The minimum Gasteiger partial charge on any atom is -0.478 e. The highest BCUT2D eigenvalue weighted by atomic mass is 35.5. The smallest absolute Gasteiger partial charge is 0.336 e. The molecule has 1 aromatic heterocycles. The highest BCUT2D eigenvalue weighted by Gasteiger charge is 2.27. The van der Waals surface area contributed by atoms with E-state index in [0.717, 1.165) is 41.0 Å². The molecule has 0 unspecified atom stereocenters. The summed E-state index contributed by atoms with van der Waals surface area (Å²) in [7, 11) is 0. The van der Waals surface area contributed by atoms with Crippen LogP contribution in [0.1, 0.15) is 39.7 Å². The quantitative estimate of drug-likeness (QED) is 0.676. The van der Waals surface area contributed by atoms with Crippen LogP contribution in [0, 0.1) is 6.92 Å². The third-order valence-corrected chi connectivity index (χ3v) is 5.15. The van der Waals surface area contributed by atoms with Crippen LogP contribution in [0.2, 0.25) is 0 Å². The number of aromatic carboxylic acids is 1. The van der Waals surface area contributed by atoms with E-state index < -0.39 is 5.97 Å². The van der Waals surface area contributed by atoms with Gasteiger partial charge in [0, 0.05) is 24.0 Å². The number of nitrogens with zero attached hydrogens (tertiary/aromatic N) is 2. The van der Waals surface area contributed by atoms with E-state index in [1.165, 1.54) is 5.56 Å². The topological polar surface area (TPSA) is 53.4 Å². The molecule has 4 nitrogen and oxygen atoms in total.